The predicted molar refractivity (Wildman–Crippen MR) is 102 cm³/mol. The van der Waals surface area contributed by atoms with Gasteiger partial charge in [0, 0.05) is 23.8 Å². The highest BCUT2D eigenvalue weighted by Gasteiger charge is 2.09. The Morgan fingerprint density at radius 2 is 1.85 bits per heavy atom. The van der Waals surface area contributed by atoms with Crippen molar-refractivity contribution in [3.8, 4) is 5.75 Å². The number of ether oxygens (including phenoxy) is 1. The Morgan fingerprint density at radius 1 is 1.08 bits per heavy atom. The molecule has 0 unspecified atom stereocenters. The van der Waals surface area contributed by atoms with Gasteiger partial charge in [-0.05, 0) is 42.8 Å². The summed E-state index contributed by atoms with van der Waals surface area (Å²) in [6.07, 6.45) is 2.93. The molecule has 3 aromatic rings. The lowest BCUT2D eigenvalue weighted by atomic mass is 10.2. The maximum absolute atomic E-state index is 12.3. The molecular weight excluding hydrogens is 352 g/mol. The number of halogens is 1. The summed E-state index contributed by atoms with van der Waals surface area (Å²) in [5, 5.41) is 6.26. The van der Waals surface area contributed by atoms with Crippen LogP contribution in [0.5, 0.6) is 5.75 Å². The van der Waals surface area contributed by atoms with Crippen molar-refractivity contribution in [1.29, 1.82) is 0 Å². The standard InChI is InChI=1S/C19H17ClN4O2/c1-12-4-3-5-14(8-12)24-19-21-10-13(11-22-19)18(25)23-15-6-7-17(26-2)16(20)9-15/h3-11H,1-2H3,(H,23,25)(H,21,22,24). The Hall–Kier alpha value is -3.12. The van der Waals surface area contributed by atoms with Gasteiger partial charge in [0.25, 0.3) is 5.91 Å². The van der Waals surface area contributed by atoms with Crippen LogP contribution in [0.25, 0.3) is 0 Å². The summed E-state index contributed by atoms with van der Waals surface area (Å²) in [7, 11) is 1.53. The number of amides is 1. The number of nitrogens with one attached hydrogen (secondary N) is 2. The molecule has 0 spiro atoms. The first-order valence-electron chi connectivity index (χ1n) is 7.86. The van der Waals surface area contributed by atoms with Crippen LogP contribution in [0, 0.1) is 6.92 Å². The van der Waals surface area contributed by atoms with E-state index in [0.717, 1.165) is 11.3 Å². The minimum atomic E-state index is -0.326. The van der Waals surface area contributed by atoms with E-state index < -0.39 is 0 Å². The summed E-state index contributed by atoms with van der Waals surface area (Å²) in [5.41, 5.74) is 2.91. The van der Waals surface area contributed by atoms with Crippen molar-refractivity contribution in [2.45, 2.75) is 6.92 Å². The number of anilines is 3. The first-order valence-corrected chi connectivity index (χ1v) is 8.23. The molecular formula is C19H17ClN4O2. The quantitative estimate of drug-likeness (QED) is 0.696. The number of hydrogen-bond acceptors (Lipinski definition) is 5. The van der Waals surface area contributed by atoms with Crippen molar-refractivity contribution in [1.82, 2.24) is 9.97 Å². The molecule has 0 radical (unpaired) electrons. The van der Waals surface area contributed by atoms with Crippen molar-refractivity contribution in [3.63, 3.8) is 0 Å². The molecule has 1 amide bonds. The van der Waals surface area contributed by atoms with E-state index in [2.05, 4.69) is 20.6 Å². The van der Waals surface area contributed by atoms with Crippen LogP contribution in [-0.4, -0.2) is 23.0 Å². The number of carbonyl (C=O) groups excluding carboxylic acids is 1. The summed E-state index contributed by atoms with van der Waals surface area (Å²) in [5.74, 6) is 0.632. The Labute approximate surface area is 156 Å². The van der Waals surface area contributed by atoms with Crippen LogP contribution in [0.1, 0.15) is 15.9 Å². The predicted octanol–water partition coefficient (Wildman–Crippen LogP) is 4.44. The maximum atomic E-state index is 12.3. The van der Waals surface area contributed by atoms with Crippen LogP contribution < -0.4 is 15.4 Å². The third kappa shape index (κ3) is 4.29. The lowest BCUT2D eigenvalue weighted by Gasteiger charge is -2.09. The summed E-state index contributed by atoms with van der Waals surface area (Å²) in [4.78, 5) is 20.7. The molecule has 2 aromatic carbocycles. The van der Waals surface area contributed by atoms with Gasteiger partial charge in [0.05, 0.1) is 17.7 Å². The Balaban J connectivity index is 1.68. The molecule has 1 aromatic heterocycles. The van der Waals surface area contributed by atoms with E-state index in [1.165, 1.54) is 19.5 Å². The van der Waals surface area contributed by atoms with E-state index in [1.54, 1.807) is 18.2 Å². The second kappa shape index (κ2) is 7.84. The third-order valence-corrected chi connectivity index (χ3v) is 3.89. The molecule has 3 rings (SSSR count). The van der Waals surface area contributed by atoms with E-state index in [0.29, 0.717) is 28.0 Å². The second-order valence-corrected chi connectivity index (χ2v) is 6.00. The van der Waals surface area contributed by atoms with E-state index in [4.69, 9.17) is 16.3 Å². The molecule has 7 heteroatoms. The minimum Gasteiger partial charge on any atom is -0.495 e. The van der Waals surface area contributed by atoms with E-state index in [-0.39, 0.29) is 5.91 Å². The zero-order valence-corrected chi connectivity index (χ0v) is 15.0. The normalized spacial score (nSPS) is 10.3. The van der Waals surface area contributed by atoms with Crippen molar-refractivity contribution in [2.24, 2.45) is 0 Å². The smallest absolute Gasteiger partial charge is 0.258 e. The third-order valence-electron chi connectivity index (χ3n) is 3.60. The highest BCUT2D eigenvalue weighted by molar-refractivity contribution is 6.32. The molecule has 0 aliphatic carbocycles. The highest BCUT2D eigenvalue weighted by Crippen LogP contribution is 2.27. The van der Waals surface area contributed by atoms with Crippen LogP contribution in [0.2, 0.25) is 5.02 Å². The molecule has 0 atom stereocenters. The van der Waals surface area contributed by atoms with Crippen LogP contribution >= 0.6 is 11.6 Å². The topological polar surface area (TPSA) is 76.1 Å². The lowest BCUT2D eigenvalue weighted by Crippen LogP contribution is -2.13. The lowest BCUT2D eigenvalue weighted by molar-refractivity contribution is 0.102. The number of rotatable bonds is 5. The average molecular weight is 369 g/mol. The number of benzene rings is 2. The number of nitrogens with zero attached hydrogens (tertiary/aromatic N) is 2. The minimum absolute atomic E-state index is 0.326. The largest absolute Gasteiger partial charge is 0.495 e. The van der Waals surface area contributed by atoms with Crippen LogP contribution in [0.3, 0.4) is 0 Å². The van der Waals surface area contributed by atoms with E-state index in [9.17, 15) is 4.79 Å². The van der Waals surface area contributed by atoms with E-state index in [1.807, 2.05) is 31.2 Å². The van der Waals surface area contributed by atoms with Gasteiger partial charge in [-0.15, -0.1) is 0 Å². The molecule has 6 nitrogen and oxygen atoms in total. The number of methoxy groups -OCH3 is 1. The summed E-state index contributed by atoms with van der Waals surface area (Å²) < 4.78 is 5.09. The van der Waals surface area contributed by atoms with Gasteiger partial charge in [0.1, 0.15) is 5.75 Å². The molecule has 0 bridgehead atoms. The van der Waals surface area contributed by atoms with Gasteiger partial charge >= 0.3 is 0 Å². The van der Waals surface area contributed by atoms with Crippen LogP contribution in [0.4, 0.5) is 17.3 Å². The fraction of sp³-hybridized carbons (Fsp3) is 0.105. The Morgan fingerprint density at radius 3 is 2.50 bits per heavy atom. The number of aromatic nitrogens is 2. The van der Waals surface area contributed by atoms with Gasteiger partial charge in [-0.25, -0.2) is 9.97 Å². The Kier molecular flexibility index (Phi) is 5.34. The van der Waals surface area contributed by atoms with Gasteiger partial charge < -0.3 is 15.4 Å². The molecule has 0 saturated carbocycles. The van der Waals surface area contributed by atoms with Crippen molar-refractivity contribution in [3.05, 3.63) is 71.0 Å². The number of aryl methyl sites for hydroxylation is 1. The number of carbonyl (C=O) groups is 1. The Bertz CT molecular complexity index is 929. The van der Waals surface area contributed by atoms with Crippen LogP contribution in [0.15, 0.2) is 54.9 Å². The van der Waals surface area contributed by atoms with Gasteiger partial charge in [0.15, 0.2) is 0 Å². The molecule has 0 fully saturated rings. The summed E-state index contributed by atoms with van der Waals surface area (Å²) in [6, 6.07) is 12.9. The summed E-state index contributed by atoms with van der Waals surface area (Å²) >= 11 is 6.06. The zero-order chi connectivity index (χ0) is 18.5. The first kappa shape index (κ1) is 17.7. The van der Waals surface area contributed by atoms with Crippen LogP contribution in [-0.2, 0) is 0 Å². The molecule has 0 saturated heterocycles. The van der Waals surface area contributed by atoms with E-state index >= 15 is 0 Å². The van der Waals surface area contributed by atoms with Crippen molar-refractivity contribution < 1.29 is 9.53 Å². The van der Waals surface area contributed by atoms with Gasteiger partial charge in [-0.2, -0.15) is 0 Å². The molecule has 2 N–H and O–H groups in total. The molecule has 0 aliphatic rings. The fourth-order valence-electron chi connectivity index (χ4n) is 2.31. The molecule has 0 aliphatic heterocycles. The fourth-order valence-corrected chi connectivity index (χ4v) is 2.57. The van der Waals surface area contributed by atoms with Crippen molar-refractivity contribution in [2.75, 3.05) is 17.7 Å². The molecule has 1 heterocycles. The average Bonchev–Trinajstić information content (AvgIpc) is 2.62. The highest BCUT2D eigenvalue weighted by atomic mass is 35.5. The SMILES string of the molecule is COc1ccc(NC(=O)c2cnc(Nc3cccc(C)c3)nc2)cc1Cl. The van der Waals surface area contributed by atoms with Gasteiger partial charge in [0.2, 0.25) is 5.95 Å². The maximum Gasteiger partial charge on any atom is 0.258 e. The number of hydrogen-bond donors (Lipinski definition) is 2. The monoisotopic (exact) mass is 368 g/mol. The molecule has 132 valence electrons. The van der Waals surface area contributed by atoms with Gasteiger partial charge in [-0.1, -0.05) is 23.7 Å². The molecule has 26 heavy (non-hydrogen) atoms. The van der Waals surface area contributed by atoms with Crippen molar-refractivity contribution >= 4 is 34.8 Å². The summed E-state index contributed by atoms with van der Waals surface area (Å²) in [6.45, 7) is 2.00. The first-order chi connectivity index (χ1) is 12.5. The zero-order valence-electron chi connectivity index (χ0n) is 14.3. The second-order valence-electron chi connectivity index (χ2n) is 5.59. The van der Waals surface area contributed by atoms with Gasteiger partial charge in [-0.3, -0.25) is 4.79 Å².